The van der Waals surface area contributed by atoms with Gasteiger partial charge in [0.15, 0.2) is 5.96 Å². The second-order valence-electron chi connectivity index (χ2n) is 8.10. The van der Waals surface area contributed by atoms with E-state index in [0.29, 0.717) is 26.2 Å². The van der Waals surface area contributed by atoms with Crippen LogP contribution in [-0.4, -0.2) is 55.7 Å². The minimum atomic E-state index is -0.341. The molecule has 1 saturated heterocycles. The van der Waals surface area contributed by atoms with Crippen LogP contribution in [0.25, 0.3) is 0 Å². The van der Waals surface area contributed by atoms with Crippen molar-refractivity contribution in [2.45, 2.75) is 52.0 Å². The number of nitrogens with one attached hydrogen (secondary N) is 2. The fourth-order valence-corrected chi connectivity index (χ4v) is 3.28. The number of ether oxygens (including phenoxy) is 1. The summed E-state index contributed by atoms with van der Waals surface area (Å²) >= 11 is 0. The van der Waals surface area contributed by atoms with E-state index in [0.717, 1.165) is 31.1 Å². The molecule has 1 aromatic carbocycles. The second-order valence-corrected chi connectivity index (χ2v) is 8.10. The van der Waals surface area contributed by atoms with Crippen LogP contribution >= 0.6 is 24.0 Å². The zero-order valence-electron chi connectivity index (χ0n) is 18.0. The minimum absolute atomic E-state index is 0. The Morgan fingerprint density at radius 1 is 1.28 bits per heavy atom. The number of aliphatic imine (C=N–C) groups is 1. The molecule has 1 aliphatic rings. The highest BCUT2D eigenvalue weighted by molar-refractivity contribution is 14.0. The normalized spacial score (nSPS) is 15.4. The van der Waals surface area contributed by atoms with Crippen LogP contribution in [0.4, 0.5) is 4.79 Å². The van der Waals surface area contributed by atoms with Crippen LogP contribution < -0.4 is 21.1 Å². The first-order chi connectivity index (χ1) is 13.3. The molecule has 0 aliphatic carbocycles. The van der Waals surface area contributed by atoms with Crippen LogP contribution in [0, 0.1) is 0 Å². The lowest BCUT2D eigenvalue weighted by Gasteiger charge is -2.32. The standard InChI is InChI=1S/C21H35N5O2.HI/c1-5-23-20(25-16-10-13-26(14-11-16)19(22)27)24-12-15-28-18-9-7-6-8-17(18)21(2,3)4;/h6-9,16H,5,10-15H2,1-4H3,(H2,22,27)(H2,23,24,25);1H. The van der Waals surface area contributed by atoms with Crippen molar-refractivity contribution in [2.24, 2.45) is 10.7 Å². The predicted octanol–water partition coefficient (Wildman–Crippen LogP) is 3.08. The van der Waals surface area contributed by atoms with Gasteiger partial charge < -0.3 is 26.0 Å². The summed E-state index contributed by atoms with van der Waals surface area (Å²) in [6.45, 7) is 11.8. The van der Waals surface area contributed by atoms with Gasteiger partial charge in [-0.25, -0.2) is 9.79 Å². The van der Waals surface area contributed by atoms with Gasteiger partial charge >= 0.3 is 6.03 Å². The molecule has 2 amide bonds. The van der Waals surface area contributed by atoms with Gasteiger partial charge in [-0.3, -0.25) is 0 Å². The first kappa shape index (κ1) is 25.3. The molecule has 29 heavy (non-hydrogen) atoms. The number of likely N-dealkylation sites (tertiary alicyclic amines) is 1. The van der Waals surface area contributed by atoms with Crippen LogP contribution in [0.2, 0.25) is 0 Å². The summed E-state index contributed by atoms with van der Waals surface area (Å²) in [7, 11) is 0. The zero-order chi connectivity index (χ0) is 20.6. The summed E-state index contributed by atoms with van der Waals surface area (Å²) in [4.78, 5) is 17.6. The first-order valence-corrected chi connectivity index (χ1v) is 10.1. The Morgan fingerprint density at radius 3 is 2.52 bits per heavy atom. The van der Waals surface area contributed by atoms with Crippen molar-refractivity contribution in [2.75, 3.05) is 32.8 Å². The predicted molar refractivity (Wildman–Crippen MR) is 129 cm³/mol. The van der Waals surface area contributed by atoms with Gasteiger partial charge in [0.25, 0.3) is 0 Å². The number of amides is 2. The molecule has 0 atom stereocenters. The fourth-order valence-electron chi connectivity index (χ4n) is 3.28. The SMILES string of the molecule is CCNC(=NCCOc1ccccc1C(C)(C)C)NC1CCN(C(N)=O)CC1.I. The van der Waals surface area contributed by atoms with E-state index in [1.165, 1.54) is 5.56 Å². The second kappa shape index (κ2) is 12.1. The Kier molecular flexibility index (Phi) is 10.6. The average molecular weight is 517 g/mol. The van der Waals surface area contributed by atoms with E-state index in [4.69, 9.17) is 10.5 Å². The maximum Gasteiger partial charge on any atom is 0.314 e. The maximum atomic E-state index is 11.2. The minimum Gasteiger partial charge on any atom is -0.491 e. The average Bonchev–Trinajstić information content (AvgIpc) is 2.65. The Balaban J connectivity index is 0.00000420. The number of benzene rings is 1. The summed E-state index contributed by atoms with van der Waals surface area (Å²) in [5.74, 6) is 1.70. The van der Waals surface area contributed by atoms with E-state index in [1.807, 2.05) is 25.1 Å². The number of carbonyl (C=O) groups is 1. The van der Waals surface area contributed by atoms with E-state index in [-0.39, 0.29) is 41.5 Å². The maximum absolute atomic E-state index is 11.2. The van der Waals surface area contributed by atoms with E-state index in [2.05, 4.69) is 42.5 Å². The highest BCUT2D eigenvalue weighted by atomic mass is 127. The molecule has 7 nitrogen and oxygen atoms in total. The van der Waals surface area contributed by atoms with Gasteiger partial charge in [0.1, 0.15) is 12.4 Å². The summed E-state index contributed by atoms with van der Waals surface area (Å²) in [5, 5.41) is 6.73. The number of rotatable bonds is 6. The van der Waals surface area contributed by atoms with Gasteiger partial charge in [-0.2, -0.15) is 0 Å². The third-order valence-corrected chi connectivity index (χ3v) is 4.81. The number of nitrogens with two attached hydrogens (primary N) is 1. The molecule has 4 N–H and O–H groups in total. The number of hydrogen-bond donors (Lipinski definition) is 3. The molecule has 164 valence electrons. The number of guanidine groups is 1. The molecular formula is C21H36IN5O2. The van der Waals surface area contributed by atoms with Crippen LogP contribution in [-0.2, 0) is 5.41 Å². The molecule has 0 unspecified atom stereocenters. The van der Waals surface area contributed by atoms with Crippen LogP contribution in [0.3, 0.4) is 0 Å². The van der Waals surface area contributed by atoms with Crippen molar-refractivity contribution >= 4 is 36.0 Å². The van der Waals surface area contributed by atoms with Gasteiger partial charge in [0, 0.05) is 25.7 Å². The Hall–Kier alpha value is -1.71. The Bertz CT molecular complexity index is 667. The highest BCUT2D eigenvalue weighted by Gasteiger charge is 2.22. The van der Waals surface area contributed by atoms with Crippen LogP contribution in [0.5, 0.6) is 5.75 Å². The number of para-hydroxylation sites is 1. The number of nitrogens with zero attached hydrogens (tertiary/aromatic N) is 2. The van der Waals surface area contributed by atoms with Crippen molar-refractivity contribution in [3.8, 4) is 5.75 Å². The summed E-state index contributed by atoms with van der Waals surface area (Å²) in [5.41, 5.74) is 6.58. The van der Waals surface area contributed by atoms with Crippen molar-refractivity contribution in [1.29, 1.82) is 0 Å². The Morgan fingerprint density at radius 2 is 1.93 bits per heavy atom. The third-order valence-electron chi connectivity index (χ3n) is 4.81. The molecule has 0 aromatic heterocycles. The molecule has 1 heterocycles. The van der Waals surface area contributed by atoms with Crippen molar-refractivity contribution in [1.82, 2.24) is 15.5 Å². The lowest BCUT2D eigenvalue weighted by atomic mass is 9.86. The lowest BCUT2D eigenvalue weighted by Crippen LogP contribution is -2.50. The molecular weight excluding hydrogens is 481 g/mol. The molecule has 0 saturated carbocycles. The number of urea groups is 1. The Labute approximate surface area is 191 Å². The zero-order valence-corrected chi connectivity index (χ0v) is 20.4. The highest BCUT2D eigenvalue weighted by Crippen LogP contribution is 2.30. The van der Waals surface area contributed by atoms with Crippen molar-refractivity contribution < 1.29 is 9.53 Å². The molecule has 0 bridgehead atoms. The van der Waals surface area contributed by atoms with E-state index >= 15 is 0 Å². The fraction of sp³-hybridized carbons (Fsp3) is 0.619. The molecule has 1 fully saturated rings. The smallest absolute Gasteiger partial charge is 0.314 e. The number of carbonyl (C=O) groups excluding carboxylic acids is 1. The number of piperidine rings is 1. The van der Waals surface area contributed by atoms with Crippen molar-refractivity contribution in [3.05, 3.63) is 29.8 Å². The monoisotopic (exact) mass is 517 g/mol. The van der Waals surface area contributed by atoms with E-state index < -0.39 is 0 Å². The van der Waals surface area contributed by atoms with Gasteiger partial charge in [-0.05, 0) is 36.8 Å². The number of primary amides is 1. The molecule has 2 rings (SSSR count). The van der Waals surface area contributed by atoms with Crippen LogP contribution in [0.1, 0.15) is 46.1 Å². The van der Waals surface area contributed by atoms with E-state index in [1.54, 1.807) is 4.90 Å². The van der Waals surface area contributed by atoms with Gasteiger partial charge in [-0.15, -0.1) is 24.0 Å². The lowest BCUT2D eigenvalue weighted by molar-refractivity contribution is 0.188. The number of halogens is 1. The molecule has 0 radical (unpaired) electrons. The quantitative estimate of drug-likeness (QED) is 0.234. The van der Waals surface area contributed by atoms with Gasteiger partial charge in [0.2, 0.25) is 0 Å². The summed E-state index contributed by atoms with van der Waals surface area (Å²) < 4.78 is 6.00. The van der Waals surface area contributed by atoms with Gasteiger partial charge in [0.05, 0.1) is 6.54 Å². The first-order valence-electron chi connectivity index (χ1n) is 10.1. The molecule has 1 aliphatic heterocycles. The third kappa shape index (κ3) is 8.28. The van der Waals surface area contributed by atoms with Gasteiger partial charge in [-0.1, -0.05) is 39.0 Å². The van der Waals surface area contributed by atoms with E-state index in [9.17, 15) is 4.79 Å². The summed E-state index contributed by atoms with van der Waals surface area (Å²) in [6.07, 6.45) is 1.73. The largest absolute Gasteiger partial charge is 0.491 e. The molecule has 0 spiro atoms. The van der Waals surface area contributed by atoms with Crippen LogP contribution in [0.15, 0.2) is 29.3 Å². The topological polar surface area (TPSA) is 92.0 Å². The van der Waals surface area contributed by atoms with Crippen molar-refractivity contribution in [3.63, 3.8) is 0 Å². The molecule has 1 aromatic rings. The number of hydrogen-bond acceptors (Lipinski definition) is 3. The molecule has 8 heteroatoms. The summed E-state index contributed by atoms with van der Waals surface area (Å²) in [6, 6.07) is 8.12.